The number of nitrogens with zero attached hydrogens (tertiary/aromatic N) is 1. The number of nitrogens with one attached hydrogen (secondary N) is 1. The molecule has 0 spiro atoms. The molecule has 0 saturated carbocycles. The SMILES string of the molecule is NCc1nc(CC(=O)NC2CC=CC[C@H]2O)cs1. The highest BCUT2D eigenvalue weighted by Crippen LogP contribution is 2.13. The lowest BCUT2D eigenvalue weighted by Gasteiger charge is -2.24. The summed E-state index contributed by atoms with van der Waals surface area (Å²) in [6.45, 7) is 0.401. The molecule has 1 aliphatic rings. The fourth-order valence-corrected chi connectivity index (χ4v) is 2.58. The van der Waals surface area contributed by atoms with E-state index in [0.717, 1.165) is 10.7 Å². The number of thiazole rings is 1. The fourth-order valence-electron chi connectivity index (χ4n) is 1.90. The molecular weight excluding hydrogens is 250 g/mol. The van der Waals surface area contributed by atoms with E-state index in [1.807, 2.05) is 17.5 Å². The van der Waals surface area contributed by atoms with Gasteiger partial charge < -0.3 is 16.2 Å². The Hall–Kier alpha value is -1.24. The Kier molecular flexibility index (Phi) is 4.46. The first-order valence-electron chi connectivity index (χ1n) is 5.95. The summed E-state index contributed by atoms with van der Waals surface area (Å²) in [5.41, 5.74) is 6.20. The first-order chi connectivity index (χ1) is 8.69. The van der Waals surface area contributed by atoms with Crippen molar-refractivity contribution in [1.82, 2.24) is 10.3 Å². The van der Waals surface area contributed by atoms with Gasteiger partial charge in [0.1, 0.15) is 5.01 Å². The molecule has 1 heterocycles. The van der Waals surface area contributed by atoms with Gasteiger partial charge in [-0.3, -0.25) is 4.79 Å². The summed E-state index contributed by atoms with van der Waals surface area (Å²) in [6.07, 6.45) is 4.93. The zero-order valence-electron chi connectivity index (χ0n) is 10.0. The van der Waals surface area contributed by atoms with E-state index in [4.69, 9.17) is 5.73 Å². The van der Waals surface area contributed by atoms with Crippen LogP contribution in [0.5, 0.6) is 0 Å². The lowest BCUT2D eigenvalue weighted by Crippen LogP contribution is -2.44. The smallest absolute Gasteiger partial charge is 0.226 e. The highest BCUT2D eigenvalue weighted by molar-refractivity contribution is 7.09. The van der Waals surface area contributed by atoms with Gasteiger partial charge in [-0.1, -0.05) is 12.2 Å². The van der Waals surface area contributed by atoms with Crippen molar-refractivity contribution in [3.63, 3.8) is 0 Å². The highest BCUT2D eigenvalue weighted by Gasteiger charge is 2.22. The molecule has 0 saturated heterocycles. The largest absolute Gasteiger partial charge is 0.391 e. The molecule has 2 atom stereocenters. The van der Waals surface area contributed by atoms with Crippen molar-refractivity contribution in [3.8, 4) is 0 Å². The molecular formula is C12H17N3O2S. The first-order valence-corrected chi connectivity index (χ1v) is 6.82. The first kappa shape index (κ1) is 13.2. The predicted octanol–water partition coefficient (Wildman–Crippen LogP) is 0.340. The summed E-state index contributed by atoms with van der Waals surface area (Å²) in [5, 5.41) is 15.2. The second-order valence-electron chi connectivity index (χ2n) is 4.30. The maximum atomic E-state index is 11.8. The zero-order chi connectivity index (χ0) is 13.0. The van der Waals surface area contributed by atoms with Crippen LogP contribution < -0.4 is 11.1 Å². The minimum Gasteiger partial charge on any atom is -0.391 e. The standard InChI is InChI=1S/C12H17N3O2S/c13-6-12-14-8(7-18-12)5-11(17)15-9-3-1-2-4-10(9)16/h1-2,7,9-10,16H,3-6,13H2,(H,15,17)/t9?,10-/m1/s1. The number of rotatable bonds is 4. The van der Waals surface area contributed by atoms with Gasteiger partial charge in [-0.15, -0.1) is 11.3 Å². The molecule has 0 radical (unpaired) electrons. The quantitative estimate of drug-likeness (QED) is 0.686. The van der Waals surface area contributed by atoms with Crippen LogP contribution in [0.1, 0.15) is 23.5 Å². The lowest BCUT2D eigenvalue weighted by atomic mass is 9.98. The minimum absolute atomic E-state index is 0.108. The molecule has 4 N–H and O–H groups in total. The van der Waals surface area contributed by atoms with Crippen LogP contribution in [-0.4, -0.2) is 28.1 Å². The summed E-state index contributed by atoms with van der Waals surface area (Å²) in [5.74, 6) is -0.108. The van der Waals surface area contributed by atoms with Gasteiger partial charge in [0.05, 0.1) is 24.3 Å². The van der Waals surface area contributed by atoms with E-state index >= 15 is 0 Å². The highest BCUT2D eigenvalue weighted by atomic mass is 32.1. The topological polar surface area (TPSA) is 88.2 Å². The van der Waals surface area contributed by atoms with Gasteiger partial charge in [-0.05, 0) is 12.8 Å². The number of carbonyl (C=O) groups excluding carboxylic acids is 1. The maximum Gasteiger partial charge on any atom is 0.226 e. The molecule has 6 heteroatoms. The third kappa shape index (κ3) is 3.38. The number of nitrogens with two attached hydrogens (primary N) is 1. The number of amides is 1. The Morgan fingerprint density at radius 2 is 2.33 bits per heavy atom. The summed E-state index contributed by atoms with van der Waals surface area (Å²) in [4.78, 5) is 16.0. The molecule has 1 aromatic heterocycles. The van der Waals surface area contributed by atoms with Gasteiger partial charge in [0.25, 0.3) is 0 Å². The van der Waals surface area contributed by atoms with Gasteiger partial charge in [-0.2, -0.15) is 0 Å². The van der Waals surface area contributed by atoms with Gasteiger partial charge in [0, 0.05) is 11.9 Å². The number of aliphatic hydroxyl groups excluding tert-OH is 1. The number of aliphatic hydroxyl groups is 1. The zero-order valence-corrected chi connectivity index (χ0v) is 10.8. The Morgan fingerprint density at radius 3 is 3.00 bits per heavy atom. The van der Waals surface area contributed by atoms with Crippen molar-refractivity contribution in [2.75, 3.05) is 0 Å². The van der Waals surface area contributed by atoms with Crippen molar-refractivity contribution in [1.29, 1.82) is 0 Å². The van der Waals surface area contributed by atoms with Crippen molar-refractivity contribution < 1.29 is 9.90 Å². The van der Waals surface area contributed by atoms with Gasteiger partial charge >= 0.3 is 0 Å². The average molecular weight is 267 g/mol. The normalized spacial score (nSPS) is 23.0. The number of hydrogen-bond acceptors (Lipinski definition) is 5. The monoisotopic (exact) mass is 267 g/mol. The van der Waals surface area contributed by atoms with Gasteiger partial charge in [0.2, 0.25) is 5.91 Å². The van der Waals surface area contributed by atoms with Crippen LogP contribution in [0.25, 0.3) is 0 Å². The Balaban J connectivity index is 1.86. The maximum absolute atomic E-state index is 11.8. The molecule has 2 rings (SSSR count). The van der Waals surface area contributed by atoms with E-state index in [1.54, 1.807) is 0 Å². The van der Waals surface area contributed by atoms with Crippen LogP contribution in [0.15, 0.2) is 17.5 Å². The summed E-state index contributed by atoms with van der Waals surface area (Å²) in [6, 6.07) is -0.185. The molecule has 5 nitrogen and oxygen atoms in total. The van der Waals surface area contributed by atoms with Crippen LogP contribution >= 0.6 is 11.3 Å². The van der Waals surface area contributed by atoms with E-state index in [-0.39, 0.29) is 18.4 Å². The number of aromatic nitrogens is 1. The summed E-state index contributed by atoms with van der Waals surface area (Å²) >= 11 is 1.46. The van der Waals surface area contributed by atoms with E-state index in [2.05, 4.69) is 10.3 Å². The molecule has 0 aliphatic heterocycles. The second kappa shape index (κ2) is 6.08. The van der Waals surface area contributed by atoms with Crippen LogP contribution in [0.4, 0.5) is 0 Å². The Labute approximate surface area is 110 Å². The molecule has 1 aromatic rings. The molecule has 98 valence electrons. The van der Waals surface area contributed by atoms with E-state index < -0.39 is 6.10 Å². The fraction of sp³-hybridized carbons (Fsp3) is 0.500. The second-order valence-corrected chi connectivity index (χ2v) is 5.24. The van der Waals surface area contributed by atoms with E-state index in [1.165, 1.54) is 11.3 Å². The van der Waals surface area contributed by atoms with Crippen molar-refractivity contribution in [2.24, 2.45) is 5.73 Å². The molecule has 0 bridgehead atoms. The third-order valence-electron chi connectivity index (χ3n) is 2.86. The predicted molar refractivity (Wildman–Crippen MR) is 70.0 cm³/mol. The Morgan fingerprint density at radius 1 is 1.56 bits per heavy atom. The third-order valence-corrected chi connectivity index (χ3v) is 3.78. The molecule has 0 fully saturated rings. The van der Waals surface area contributed by atoms with Crippen LogP contribution in [0.2, 0.25) is 0 Å². The lowest BCUT2D eigenvalue weighted by molar-refractivity contribution is -0.122. The number of carbonyl (C=O) groups is 1. The van der Waals surface area contributed by atoms with Crippen molar-refractivity contribution >= 4 is 17.2 Å². The Bertz CT molecular complexity index is 444. The van der Waals surface area contributed by atoms with Gasteiger partial charge in [0.15, 0.2) is 0 Å². The molecule has 18 heavy (non-hydrogen) atoms. The molecule has 1 amide bonds. The van der Waals surface area contributed by atoms with Crippen LogP contribution in [0, 0.1) is 0 Å². The van der Waals surface area contributed by atoms with Crippen molar-refractivity contribution in [3.05, 3.63) is 28.2 Å². The van der Waals surface area contributed by atoms with Gasteiger partial charge in [-0.25, -0.2) is 4.98 Å². The van der Waals surface area contributed by atoms with E-state index in [0.29, 0.717) is 19.4 Å². The van der Waals surface area contributed by atoms with Crippen LogP contribution in [0.3, 0.4) is 0 Å². The molecule has 0 aromatic carbocycles. The summed E-state index contributed by atoms with van der Waals surface area (Å²) in [7, 11) is 0. The van der Waals surface area contributed by atoms with Crippen LogP contribution in [-0.2, 0) is 17.8 Å². The molecule has 1 aliphatic carbocycles. The minimum atomic E-state index is -0.492. The van der Waals surface area contributed by atoms with Crippen molar-refractivity contribution in [2.45, 2.75) is 38.0 Å². The molecule has 1 unspecified atom stereocenters. The average Bonchev–Trinajstić information content (AvgIpc) is 2.80. The van der Waals surface area contributed by atoms with E-state index in [9.17, 15) is 9.90 Å². The summed E-state index contributed by atoms with van der Waals surface area (Å²) < 4.78 is 0. The number of hydrogen-bond donors (Lipinski definition) is 3.